The lowest BCUT2D eigenvalue weighted by Gasteiger charge is -2.10. The number of nitrogen functional groups attached to an aromatic ring is 1. The molecule has 1 fully saturated rings. The van der Waals surface area contributed by atoms with Crippen molar-refractivity contribution < 1.29 is 4.79 Å². The second kappa shape index (κ2) is 4.57. The lowest BCUT2D eigenvalue weighted by molar-refractivity contribution is 0.0943. The molecule has 2 rings (SSSR count). The predicted molar refractivity (Wildman–Crippen MR) is 63.1 cm³/mol. The molecular weight excluding hydrogens is 204 g/mol. The van der Waals surface area contributed by atoms with Crippen LogP contribution in [0.4, 0.5) is 5.69 Å². The molecule has 1 aliphatic rings. The molecule has 1 unspecified atom stereocenters. The highest BCUT2D eigenvalue weighted by Crippen LogP contribution is 2.13. The molecule has 5 heteroatoms. The van der Waals surface area contributed by atoms with E-state index in [0.29, 0.717) is 17.3 Å². The Balaban J connectivity index is 1.80. The van der Waals surface area contributed by atoms with Crippen LogP contribution in [0.5, 0.6) is 0 Å². The first-order valence-corrected chi connectivity index (χ1v) is 5.56. The zero-order chi connectivity index (χ0) is 11.5. The second-order valence-electron chi connectivity index (χ2n) is 4.47. The van der Waals surface area contributed by atoms with E-state index in [1.807, 2.05) is 0 Å². The largest absolute Gasteiger partial charge is 0.397 e. The van der Waals surface area contributed by atoms with E-state index in [9.17, 15) is 4.79 Å². The third-order valence-corrected chi connectivity index (χ3v) is 2.99. The van der Waals surface area contributed by atoms with Crippen LogP contribution in [-0.4, -0.2) is 42.5 Å². The van der Waals surface area contributed by atoms with Crippen LogP contribution in [0.1, 0.15) is 16.9 Å². The topological polar surface area (TPSA) is 74.2 Å². The van der Waals surface area contributed by atoms with Crippen molar-refractivity contribution in [2.24, 2.45) is 5.92 Å². The van der Waals surface area contributed by atoms with Crippen molar-refractivity contribution in [1.29, 1.82) is 0 Å². The molecule has 88 valence electrons. The molecule has 1 amide bonds. The number of H-pyrrole nitrogens is 1. The smallest absolute Gasteiger partial charge is 0.267 e. The Morgan fingerprint density at radius 2 is 2.56 bits per heavy atom. The molecule has 0 bridgehead atoms. The first-order valence-electron chi connectivity index (χ1n) is 5.56. The number of carbonyl (C=O) groups is 1. The first-order chi connectivity index (χ1) is 7.65. The highest BCUT2D eigenvalue weighted by Gasteiger charge is 2.20. The van der Waals surface area contributed by atoms with E-state index in [2.05, 4.69) is 22.2 Å². The molecule has 1 aliphatic heterocycles. The average Bonchev–Trinajstić information content (AvgIpc) is 2.84. The van der Waals surface area contributed by atoms with Crippen LogP contribution < -0.4 is 11.1 Å². The summed E-state index contributed by atoms with van der Waals surface area (Å²) in [6.45, 7) is 2.92. The maximum atomic E-state index is 11.7. The molecule has 0 saturated carbocycles. The summed E-state index contributed by atoms with van der Waals surface area (Å²) in [5, 5.41) is 2.92. The van der Waals surface area contributed by atoms with Crippen molar-refractivity contribution in [3.63, 3.8) is 0 Å². The van der Waals surface area contributed by atoms with Gasteiger partial charge in [0.25, 0.3) is 5.91 Å². The van der Waals surface area contributed by atoms with E-state index >= 15 is 0 Å². The molecule has 2 heterocycles. The zero-order valence-corrected chi connectivity index (χ0v) is 9.49. The number of hydrogen-bond donors (Lipinski definition) is 3. The Morgan fingerprint density at radius 1 is 1.75 bits per heavy atom. The highest BCUT2D eigenvalue weighted by atomic mass is 16.1. The normalized spacial score (nSPS) is 21.2. The van der Waals surface area contributed by atoms with Gasteiger partial charge in [0.15, 0.2) is 0 Å². The minimum absolute atomic E-state index is 0.0775. The average molecular weight is 222 g/mol. The second-order valence-corrected chi connectivity index (χ2v) is 4.47. The fourth-order valence-corrected chi connectivity index (χ4v) is 2.07. The Hall–Kier alpha value is -1.49. The predicted octanol–water partition coefficient (Wildman–Crippen LogP) is 0.278. The van der Waals surface area contributed by atoms with Crippen LogP contribution >= 0.6 is 0 Å². The molecular formula is C11H18N4O. The number of carbonyl (C=O) groups excluding carboxylic acids is 1. The standard InChI is InChI=1S/C11H18N4O/c1-15-3-2-8(7-15)5-14-11(16)10-4-9(12)6-13-10/h4,6,8,13H,2-3,5,7,12H2,1H3,(H,14,16). The Morgan fingerprint density at radius 3 is 3.12 bits per heavy atom. The number of nitrogens with one attached hydrogen (secondary N) is 2. The molecule has 0 radical (unpaired) electrons. The summed E-state index contributed by atoms with van der Waals surface area (Å²) in [5.74, 6) is 0.493. The van der Waals surface area contributed by atoms with E-state index < -0.39 is 0 Å². The number of aromatic nitrogens is 1. The van der Waals surface area contributed by atoms with Crippen LogP contribution in [0.15, 0.2) is 12.3 Å². The fraction of sp³-hybridized carbons (Fsp3) is 0.545. The van der Waals surface area contributed by atoms with Gasteiger partial charge >= 0.3 is 0 Å². The minimum atomic E-state index is -0.0775. The van der Waals surface area contributed by atoms with Gasteiger partial charge in [0.05, 0.1) is 0 Å². The van der Waals surface area contributed by atoms with Crippen LogP contribution in [0, 0.1) is 5.92 Å². The quantitative estimate of drug-likeness (QED) is 0.687. The van der Waals surface area contributed by atoms with Crippen molar-refractivity contribution in [2.45, 2.75) is 6.42 Å². The van der Waals surface area contributed by atoms with Gasteiger partial charge in [-0.05, 0) is 32.0 Å². The monoisotopic (exact) mass is 222 g/mol. The summed E-state index contributed by atoms with van der Waals surface area (Å²) in [4.78, 5) is 16.8. The molecule has 1 aromatic heterocycles. The third-order valence-electron chi connectivity index (χ3n) is 2.99. The molecule has 1 saturated heterocycles. The number of rotatable bonds is 3. The SMILES string of the molecule is CN1CCC(CNC(=O)c2cc(N)c[nH]2)C1. The van der Waals surface area contributed by atoms with E-state index in [-0.39, 0.29) is 5.91 Å². The van der Waals surface area contributed by atoms with E-state index in [1.54, 1.807) is 12.3 Å². The van der Waals surface area contributed by atoms with Crippen molar-refractivity contribution in [1.82, 2.24) is 15.2 Å². The first kappa shape index (κ1) is 11.0. The molecule has 16 heavy (non-hydrogen) atoms. The number of nitrogens with zero attached hydrogens (tertiary/aromatic N) is 1. The summed E-state index contributed by atoms with van der Waals surface area (Å²) in [6, 6.07) is 1.65. The van der Waals surface area contributed by atoms with Gasteiger partial charge in [0.1, 0.15) is 5.69 Å². The number of aromatic amines is 1. The van der Waals surface area contributed by atoms with Crippen molar-refractivity contribution in [2.75, 3.05) is 32.4 Å². The summed E-state index contributed by atoms with van der Waals surface area (Å²) >= 11 is 0. The summed E-state index contributed by atoms with van der Waals surface area (Å²) in [6.07, 6.45) is 2.78. The Bertz CT molecular complexity index is 374. The van der Waals surface area contributed by atoms with Crippen molar-refractivity contribution >= 4 is 11.6 Å². The lowest BCUT2D eigenvalue weighted by atomic mass is 10.1. The molecule has 1 aromatic rings. The zero-order valence-electron chi connectivity index (χ0n) is 9.49. The highest BCUT2D eigenvalue weighted by molar-refractivity contribution is 5.93. The molecule has 5 nitrogen and oxygen atoms in total. The minimum Gasteiger partial charge on any atom is -0.397 e. The molecule has 0 aliphatic carbocycles. The van der Waals surface area contributed by atoms with Crippen molar-refractivity contribution in [3.8, 4) is 0 Å². The third kappa shape index (κ3) is 2.55. The van der Waals surface area contributed by atoms with Gasteiger partial charge < -0.3 is 20.9 Å². The summed E-state index contributed by atoms with van der Waals surface area (Å²) < 4.78 is 0. The molecule has 0 aromatic carbocycles. The summed E-state index contributed by atoms with van der Waals surface area (Å²) in [5.41, 5.74) is 6.65. The van der Waals surface area contributed by atoms with Crippen molar-refractivity contribution in [3.05, 3.63) is 18.0 Å². The van der Waals surface area contributed by atoms with E-state index in [4.69, 9.17) is 5.73 Å². The fourth-order valence-electron chi connectivity index (χ4n) is 2.07. The number of anilines is 1. The summed E-state index contributed by atoms with van der Waals surface area (Å²) in [7, 11) is 2.10. The van der Waals surface area contributed by atoms with E-state index in [1.165, 1.54) is 0 Å². The van der Waals surface area contributed by atoms with Gasteiger partial charge in [-0.25, -0.2) is 0 Å². The Labute approximate surface area is 95.0 Å². The lowest BCUT2D eigenvalue weighted by Crippen LogP contribution is -2.30. The van der Waals surface area contributed by atoms with Gasteiger partial charge in [-0.1, -0.05) is 0 Å². The van der Waals surface area contributed by atoms with Gasteiger partial charge in [-0.3, -0.25) is 4.79 Å². The van der Waals surface area contributed by atoms with Crippen LogP contribution in [0.3, 0.4) is 0 Å². The van der Waals surface area contributed by atoms with Gasteiger partial charge in [0.2, 0.25) is 0 Å². The maximum Gasteiger partial charge on any atom is 0.267 e. The number of hydrogen-bond acceptors (Lipinski definition) is 3. The maximum absolute atomic E-state index is 11.7. The molecule has 4 N–H and O–H groups in total. The Kier molecular flexibility index (Phi) is 3.14. The van der Waals surface area contributed by atoms with Gasteiger partial charge in [-0.15, -0.1) is 0 Å². The van der Waals surface area contributed by atoms with Crippen LogP contribution in [0.25, 0.3) is 0 Å². The van der Waals surface area contributed by atoms with Crippen LogP contribution in [-0.2, 0) is 0 Å². The molecule has 1 atom stereocenters. The van der Waals surface area contributed by atoms with Gasteiger partial charge in [-0.2, -0.15) is 0 Å². The number of amides is 1. The van der Waals surface area contributed by atoms with Gasteiger partial charge in [0, 0.05) is 25.0 Å². The number of nitrogens with two attached hydrogens (primary N) is 1. The van der Waals surface area contributed by atoms with Crippen LogP contribution in [0.2, 0.25) is 0 Å². The number of likely N-dealkylation sites (tertiary alicyclic amines) is 1. The molecule has 0 spiro atoms. The van der Waals surface area contributed by atoms with E-state index in [0.717, 1.165) is 26.1 Å².